The highest BCUT2D eigenvalue weighted by molar-refractivity contribution is 5.85. The molecule has 2 N–H and O–H groups in total. The van der Waals surface area contributed by atoms with Crippen molar-refractivity contribution in [2.75, 3.05) is 31.7 Å². The lowest BCUT2D eigenvalue weighted by Gasteiger charge is -2.19. The standard InChI is InChI=1S/C32H38FNO5.ClH/c1-4-37-13-14-38-27-15-21(2)32(22(3)16-27)28-17-24(7-11-30(28)39-20-23-5-6-23)19-34-26-10-8-25(29(33)18-26)9-12-31(35)36;/h7-8,10-11,15-18,23,34H,4-6,9,12-14,19-20H2,1-3H3,(H,35,36);1H. The van der Waals surface area contributed by atoms with Crippen molar-refractivity contribution in [1.29, 1.82) is 0 Å². The molecule has 0 aromatic heterocycles. The summed E-state index contributed by atoms with van der Waals surface area (Å²) in [5.74, 6) is 0.971. The second-order valence-corrected chi connectivity index (χ2v) is 10.1. The maximum atomic E-state index is 14.5. The molecule has 6 nitrogen and oxygen atoms in total. The molecular weight excluding hydrogens is 533 g/mol. The van der Waals surface area contributed by atoms with E-state index in [1.165, 1.54) is 18.9 Å². The van der Waals surface area contributed by atoms with E-state index in [4.69, 9.17) is 19.3 Å². The summed E-state index contributed by atoms with van der Waals surface area (Å²) in [7, 11) is 0. The van der Waals surface area contributed by atoms with E-state index in [1.54, 1.807) is 12.1 Å². The van der Waals surface area contributed by atoms with E-state index in [0.29, 0.717) is 43.5 Å². The molecule has 0 heterocycles. The lowest BCUT2D eigenvalue weighted by atomic mass is 9.93. The molecule has 216 valence electrons. The van der Waals surface area contributed by atoms with Gasteiger partial charge in [0.2, 0.25) is 0 Å². The van der Waals surface area contributed by atoms with Gasteiger partial charge in [-0.05, 0) is 110 Å². The second-order valence-electron chi connectivity index (χ2n) is 10.1. The summed E-state index contributed by atoms with van der Waals surface area (Å²) < 4.78 is 32.1. The Bertz CT molecular complexity index is 1270. The van der Waals surface area contributed by atoms with Gasteiger partial charge in [0.15, 0.2) is 0 Å². The van der Waals surface area contributed by atoms with Crippen molar-refractivity contribution in [1.82, 2.24) is 0 Å². The molecule has 0 radical (unpaired) electrons. The van der Waals surface area contributed by atoms with Gasteiger partial charge >= 0.3 is 5.97 Å². The summed E-state index contributed by atoms with van der Waals surface area (Å²) >= 11 is 0. The van der Waals surface area contributed by atoms with E-state index in [0.717, 1.165) is 45.9 Å². The average molecular weight is 572 g/mol. The van der Waals surface area contributed by atoms with Crippen LogP contribution in [0.1, 0.15) is 48.4 Å². The van der Waals surface area contributed by atoms with Crippen LogP contribution in [0, 0.1) is 25.6 Å². The number of hydrogen-bond acceptors (Lipinski definition) is 5. The van der Waals surface area contributed by atoms with E-state index >= 15 is 0 Å². The highest BCUT2D eigenvalue weighted by Gasteiger charge is 2.23. The number of aliphatic carboxylic acids is 1. The fourth-order valence-electron chi connectivity index (χ4n) is 4.60. The normalized spacial score (nSPS) is 12.5. The van der Waals surface area contributed by atoms with Crippen LogP contribution in [0.4, 0.5) is 10.1 Å². The first-order valence-corrected chi connectivity index (χ1v) is 13.7. The smallest absolute Gasteiger partial charge is 0.303 e. The Morgan fingerprint density at radius 2 is 1.77 bits per heavy atom. The summed E-state index contributed by atoms with van der Waals surface area (Å²) in [5, 5.41) is 12.2. The molecule has 0 spiro atoms. The van der Waals surface area contributed by atoms with E-state index in [2.05, 4.69) is 37.4 Å². The zero-order valence-corrected chi connectivity index (χ0v) is 24.2. The summed E-state index contributed by atoms with van der Waals surface area (Å²) in [4.78, 5) is 10.8. The highest BCUT2D eigenvalue weighted by atomic mass is 35.5. The molecule has 4 rings (SSSR count). The summed E-state index contributed by atoms with van der Waals surface area (Å²) in [6, 6.07) is 15.2. The number of ether oxygens (including phenoxy) is 3. The Balaban J connectivity index is 0.00000441. The van der Waals surface area contributed by atoms with Crippen LogP contribution in [0.25, 0.3) is 11.1 Å². The second kappa shape index (κ2) is 14.9. The van der Waals surface area contributed by atoms with Crippen LogP contribution in [0.5, 0.6) is 11.5 Å². The minimum Gasteiger partial charge on any atom is -0.493 e. The molecule has 3 aromatic carbocycles. The van der Waals surface area contributed by atoms with Crippen LogP contribution in [0.2, 0.25) is 0 Å². The predicted molar refractivity (Wildman–Crippen MR) is 158 cm³/mol. The molecule has 0 saturated heterocycles. The third kappa shape index (κ3) is 8.86. The molecule has 0 atom stereocenters. The number of rotatable bonds is 15. The zero-order chi connectivity index (χ0) is 27.8. The van der Waals surface area contributed by atoms with Crippen molar-refractivity contribution in [3.63, 3.8) is 0 Å². The molecule has 1 saturated carbocycles. The Hall–Kier alpha value is -3.29. The molecule has 1 aliphatic rings. The number of hydrogen-bond donors (Lipinski definition) is 2. The van der Waals surface area contributed by atoms with Gasteiger partial charge in [-0.2, -0.15) is 0 Å². The van der Waals surface area contributed by atoms with Crippen molar-refractivity contribution in [3.05, 3.63) is 76.6 Å². The van der Waals surface area contributed by atoms with Crippen molar-refractivity contribution >= 4 is 24.1 Å². The van der Waals surface area contributed by atoms with Crippen LogP contribution < -0.4 is 14.8 Å². The molecule has 1 fully saturated rings. The minimum atomic E-state index is -0.939. The zero-order valence-electron chi connectivity index (χ0n) is 23.4. The topological polar surface area (TPSA) is 77.0 Å². The van der Waals surface area contributed by atoms with Gasteiger partial charge in [-0.3, -0.25) is 4.79 Å². The molecule has 1 aliphatic carbocycles. The van der Waals surface area contributed by atoms with Gasteiger partial charge in [-0.15, -0.1) is 12.4 Å². The fourth-order valence-corrected chi connectivity index (χ4v) is 4.60. The van der Waals surface area contributed by atoms with E-state index in [9.17, 15) is 9.18 Å². The maximum absolute atomic E-state index is 14.5. The highest BCUT2D eigenvalue weighted by Crippen LogP contribution is 2.39. The Kier molecular flexibility index (Phi) is 11.6. The first kappa shape index (κ1) is 31.2. The van der Waals surface area contributed by atoms with Gasteiger partial charge < -0.3 is 24.6 Å². The van der Waals surface area contributed by atoms with Gasteiger partial charge in [0, 0.05) is 30.8 Å². The van der Waals surface area contributed by atoms with Crippen LogP contribution in [-0.4, -0.2) is 37.5 Å². The third-order valence-corrected chi connectivity index (χ3v) is 6.85. The lowest BCUT2D eigenvalue weighted by molar-refractivity contribution is -0.136. The third-order valence-electron chi connectivity index (χ3n) is 6.85. The van der Waals surface area contributed by atoms with Crippen LogP contribution in [-0.2, 0) is 22.5 Å². The maximum Gasteiger partial charge on any atom is 0.303 e. The van der Waals surface area contributed by atoms with Gasteiger partial charge in [0.05, 0.1) is 13.2 Å². The van der Waals surface area contributed by atoms with Crippen LogP contribution in [0.15, 0.2) is 48.5 Å². The Morgan fingerprint density at radius 1 is 1.02 bits per heavy atom. The van der Waals surface area contributed by atoms with Gasteiger partial charge in [0.1, 0.15) is 23.9 Å². The van der Waals surface area contributed by atoms with Gasteiger partial charge in [-0.25, -0.2) is 4.39 Å². The van der Waals surface area contributed by atoms with Crippen molar-refractivity contribution in [2.45, 2.75) is 53.0 Å². The molecule has 0 bridgehead atoms. The number of carbonyl (C=O) groups is 1. The number of carboxylic acids is 1. The monoisotopic (exact) mass is 571 g/mol. The SMILES string of the molecule is CCOCCOc1cc(C)c(-c2cc(CNc3ccc(CCC(=O)O)c(F)c3)ccc2OCC2CC2)c(C)c1.Cl. The molecule has 40 heavy (non-hydrogen) atoms. The van der Waals surface area contributed by atoms with Crippen molar-refractivity contribution < 1.29 is 28.5 Å². The van der Waals surface area contributed by atoms with E-state index < -0.39 is 11.8 Å². The first-order valence-electron chi connectivity index (χ1n) is 13.7. The summed E-state index contributed by atoms with van der Waals surface area (Å²) in [5.41, 5.74) is 6.43. The Labute approximate surface area is 242 Å². The predicted octanol–water partition coefficient (Wildman–Crippen LogP) is 7.36. The van der Waals surface area contributed by atoms with Gasteiger partial charge in [-0.1, -0.05) is 12.1 Å². The quantitative estimate of drug-likeness (QED) is 0.186. The number of nitrogens with one attached hydrogen (secondary N) is 1. The number of halogens is 2. The van der Waals surface area contributed by atoms with E-state index in [-0.39, 0.29) is 25.2 Å². The van der Waals surface area contributed by atoms with Crippen LogP contribution >= 0.6 is 12.4 Å². The molecule has 0 aliphatic heterocycles. The molecule has 3 aromatic rings. The molecule has 0 amide bonds. The summed E-state index contributed by atoms with van der Waals surface area (Å²) in [6.07, 6.45) is 2.51. The van der Waals surface area contributed by atoms with Crippen molar-refractivity contribution in [3.8, 4) is 22.6 Å². The number of anilines is 1. The number of benzene rings is 3. The van der Waals surface area contributed by atoms with Crippen molar-refractivity contribution in [2.24, 2.45) is 5.92 Å². The fraction of sp³-hybridized carbons (Fsp3) is 0.406. The minimum absolute atomic E-state index is 0. The Morgan fingerprint density at radius 3 is 2.42 bits per heavy atom. The van der Waals surface area contributed by atoms with Crippen LogP contribution in [0.3, 0.4) is 0 Å². The molecule has 8 heteroatoms. The molecular formula is C32H39ClFNO5. The summed E-state index contributed by atoms with van der Waals surface area (Å²) in [6.45, 7) is 9.08. The van der Waals surface area contributed by atoms with E-state index in [1.807, 2.05) is 19.1 Å². The largest absolute Gasteiger partial charge is 0.493 e. The number of carboxylic acid groups (broad SMARTS) is 1. The molecule has 0 unspecified atom stereocenters. The van der Waals surface area contributed by atoms with Gasteiger partial charge in [0.25, 0.3) is 0 Å². The first-order chi connectivity index (χ1) is 18.8. The lowest BCUT2D eigenvalue weighted by Crippen LogP contribution is -2.07. The average Bonchev–Trinajstić information content (AvgIpc) is 3.73. The number of aryl methyl sites for hydroxylation is 3.